The van der Waals surface area contributed by atoms with Crippen molar-refractivity contribution in [2.45, 2.75) is 6.54 Å². The van der Waals surface area contributed by atoms with Crippen LogP contribution < -0.4 is 16.6 Å². The van der Waals surface area contributed by atoms with Crippen molar-refractivity contribution in [1.82, 2.24) is 15.3 Å². The van der Waals surface area contributed by atoms with Gasteiger partial charge < -0.3 is 10.7 Å². The third kappa shape index (κ3) is 2.80. The number of carbonyl (C=O) groups is 1. The summed E-state index contributed by atoms with van der Waals surface area (Å²) in [6.07, 6.45) is 6.43. The van der Waals surface area contributed by atoms with Gasteiger partial charge in [0.15, 0.2) is 0 Å². The number of nitrogens with two attached hydrogens (primary N) is 1. The maximum atomic E-state index is 11.9. The number of anilines is 1. The molecule has 0 unspecified atom stereocenters. The Labute approximate surface area is 104 Å². The van der Waals surface area contributed by atoms with Crippen molar-refractivity contribution in [2.75, 3.05) is 5.43 Å². The zero-order valence-electron chi connectivity index (χ0n) is 9.63. The average molecular weight is 243 g/mol. The summed E-state index contributed by atoms with van der Waals surface area (Å²) in [7, 11) is 0. The molecule has 0 aliphatic heterocycles. The largest absolute Gasteiger partial charge is 0.348 e. The molecule has 6 nitrogen and oxygen atoms in total. The predicted molar refractivity (Wildman–Crippen MR) is 67.5 cm³/mol. The quantitative estimate of drug-likeness (QED) is 0.542. The Bertz CT molecular complexity index is 529. The molecule has 2 rings (SSSR count). The highest BCUT2D eigenvalue weighted by Crippen LogP contribution is 2.11. The van der Waals surface area contributed by atoms with E-state index in [9.17, 15) is 4.79 Å². The minimum absolute atomic E-state index is 0.214. The van der Waals surface area contributed by atoms with E-state index in [0.717, 1.165) is 5.56 Å². The minimum atomic E-state index is -0.214. The highest BCUT2D eigenvalue weighted by Gasteiger charge is 2.09. The number of carbonyl (C=O) groups excluding carboxylic acids is 1. The van der Waals surface area contributed by atoms with E-state index >= 15 is 0 Å². The fourth-order valence-electron chi connectivity index (χ4n) is 1.49. The third-order valence-corrected chi connectivity index (χ3v) is 2.40. The van der Waals surface area contributed by atoms with Gasteiger partial charge in [0.25, 0.3) is 5.91 Å². The van der Waals surface area contributed by atoms with Gasteiger partial charge in [0.05, 0.1) is 17.4 Å². The summed E-state index contributed by atoms with van der Waals surface area (Å²) in [6, 6.07) is 5.32. The summed E-state index contributed by atoms with van der Waals surface area (Å²) in [4.78, 5) is 19.8. The first-order chi connectivity index (χ1) is 8.81. The number of nitrogen functional groups attached to an aromatic ring is 1. The smallest absolute Gasteiger partial charge is 0.253 e. The van der Waals surface area contributed by atoms with Gasteiger partial charge in [-0.15, -0.1) is 0 Å². The molecule has 2 heterocycles. The lowest BCUT2D eigenvalue weighted by Crippen LogP contribution is -2.24. The molecular formula is C12H13N5O. The van der Waals surface area contributed by atoms with E-state index in [1.165, 1.54) is 6.20 Å². The topological polar surface area (TPSA) is 92.9 Å². The molecule has 0 fully saturated rings. The summed E-state index contributed by atoms with van der Waals surface area (Å²) in [5.74, 6) is 5.10. The Hall–Kier alpha value is -2.47. The Balaban J connectivity index is 2.04. The van der Waals surface area contributed by atoms with Gasteiger partial charge in [0, 0.05) is 25.1 Å². The van der Waals surface area contributed by atoms with Crippen LogP contribution in [0.4, 0.5) is 5.69 Å². The van der Waals surface area contributed by atoms with Crippen molar-refractivity contribution in [3.63, 3.8) is 0 Å². The first kappa shape index (κ1) is 12.0. The second-order valence-electron chi connectivity index (χ2n) is 3.61. The van der Waals surface area contributed by atoms with E-state index in [1.54, 1.807) is 24.7 Å². The van der Waals surface area contributed by atoms with Gasteiger partial charge >= 0.3 is 0 Å². The van der Waals surface area contributed by atoms with Crippen LogP contribution in [0.1, 0.15) is 15.9 Å². The molecule has 0 saturated carbocycles. The number of rotatable bonds is 4. The van der Waals surface area contributed by atoms with Crippen LogP contribution in [-0.2, 0) is 6.54 Å². The fraction of sp³-hybridized carbons (Fsp3) is 0.0833. The zero-order chi connectivity index (χ0) is 12.8. The first-order valence-electron chi connectivity index (χ1n) is 5.39. The number of hydrogen-bond donors (Lipinski definition) is 3. The van der Waals surface area contributed by atoms with Gasteiger partial charge in [-0.1, -0.05) is 6.07 Å². The second-order valence-corrected chi connectivity index (χ2v) is 3.61. The molecule has 2 aromatic rings. The molecule has 0 atom stereocenters. The first-order valence-corrected chi connectivity index (χ1v) is 5.39. The molecule has 0 spiro atoms. The number of amides is 1. The molecule has 0 saturated heterocycles. The number of nitrogens with zero attached hydrogens (tertiary/aromatic N) is 2. The molecular weight excluding hydrogens is 230 g/mol. The Morgan fingerprint density at radius 1 is 1.22 bits per heavy atom. The van der Waals surface area contributed by atoms with Crippen LogP contribution in [0.2, 0.25) is 0 Å². The summed E-state index contributed by atoms with van der Waals surface area (Å²) in [5, 5.41) is 2.79. The van der Waals surface area contributed by atoms with Gasteiger partial charge in [-0.2, -0.15) is 0 Å². The molecule has 4 N–H and O–H groups in total. The lowest BCUT2D eigenvalue weighted by molar-refractivity contribution is 0.0951. The van der Waals surface area contributed by atoms with Gasteiger partial charge in [0.2, 0.25) is 0 Å². The molecule has 2 aromatic heterocycles. The van der Waals surface area contributed by atoms with Crippen molar-refractivity contribution in [3.8, 4) is 0 Å². The highest BCUT2D eigenvalue weighted by atomic mass is 16.1. The summed E-state index contributed by atoms with van der Waals surface area (Å²) >= 11 is 0. The number of hydrogen-bond acceptors (Lipinski definition) is 5. The second kappa shape index (κ2) is 5.74. The van der Waals surface area contributed by atoms with E-state index in [0.29, 0.717) is 17.8 Å². The van der Waals surface area contributed by atoms with Gasteiger partial charge in [-0.25, -0.2) is 0 Å². The Morgan fingerprint density at radius 3 is 2.78 bits per heavy atom. The Kier molecular flexibility index (Phi) is 3.83. The van der Waals surface area contributed by atoms with E-state index in [2.05, 4.69) is 20.7 Å². The lowest BCUT2D eigenvalue weighted by atomic mass is 10.2. The van der Waals surface area contributed by atoms with Gasteiger partial charge in [-0.3, -0.25) is 20.6 Å². The summed E-state index contributed by atoms with van der Waals surface area (Å²) in [5.41, 5.74) is 4.31. The summed E-state index contributed by atoms with van der Waals surface area (Å²) < 4.78 is 0. The van der Waals surface area contributed by atoms with Crippen molar-refractivity contribution in [2.24, 2.45) is 5.84 Å². The third-order valence-electron chi connectivity index (χ3n) is 2.40. The Morgan fingerprint density at radius 2 is 2.06 bits per heavy atom. The minimum Gasteiger partial charge on any atom is -0.348 e. The van der Waals surface area contributed by atoms with E-state index < -0.39 is 0 Å². The molecule has 0 bridgehead atoms. The highest BCUT2D eigenvalue weighted by molar-refractivity contribution is 5.99. The molecule has 0 aromatic carbocycles. The van der Waals surface area contributed by atoms with Crippen molar-refractivity contribution < 1.29 is 4.79 Å². The molecule has 92 valence electrons. The maximum Gasteiger partial charge on any atom is 0.253 e. The van der Waals surface area contributed by atoms with Crippen molar-refractivity contribution in [3.05, 3.63) is 54.1 Å². The molecule has 18 heavy (non-hydrogen) atoms. The lowest BCUT2D eigenvalue weighted by Gasteiger charge is -2.08. The van der Waals surface area contributed by atoms with Crippen LogP contribution in [0.15, 0.2) is 43.0 Å². The zero-order valence-corrected chi connectivity index (χ0v) is 9.63. The molecule has 0 aliphatic rings. The molecule has 0 aliphatic carbocycles. The fourth-order valence-corrected chi connectivity index (χ4v) is 1.49. The average Bonchev–Trinajstić information content (AvgIpc) is 2.45. The van der Waals surface area contributed by atoms with Gasteiger partial charge in [-0.05, 0) is 17.7 Å². The number of aromatic nitrogens is 2. The number of nitrogens with one attached hydrogen (secondary N) is 2. The molecule has 6 heteroatoms. The standard InChI is InChI=1S/C12H13N5O/c13-17-11-8-15-5-3-10(11)12(18)16-7-9-2-1-4-14-6-9/h1-6,8,17H,7,13H2,(H,16,18). The monoisotopic (exact) mass is 243 g/mol. The van der Waals surface area contributed by atoms with E-state index in [-0.39, 0.29) is 5.91 Å². The molecule has 1 amide bonds. The normalized spacial score (nSPS) is 9.83. The van der Waals surface area contributed by atoms with Crippen LogP contribution in [0, 0.1) is 0 Å². The van der Waals surface area contributed by atoms with E-state index in [4.69, 9.17) is 5.84 Å². The van der Waals surface area contributed by atoms with Crippen molar-refractivity contribution in [1.29, 1.82) is 0 Å². The van der Waals surface area contributed by atoms with Crippen LogP contribution in [0.5, 0.6) is 0 Å². The summed E-state index contributed by atoms with van der Waals surface area (Å²) in [6.45, 7) is 0.416. The van der Waals surface area contributed by atoms with Crippen LogP contribution >= 0.6 is 0 Å². The maximum absolute atomic E-state index is 11.9. The van der Waals surface area contributed by atoms with Crippen molar-refractivity contribution >= 4 is 11.6 Å². The van der Waals surface area contributed by atoms with Crippen LogP contribution in [-0.4, -0.2) is 15.9 Å². The number of hydrazine groups is 1. The van der Waals surface area contributed by atoms with E-state index in [1.807, 2.05) is 12.1 Å². The van der Waals surface area contributed by atoms with Crippen LogP contribution in [0.25, 0.3) is 0 Å². The SMILES string of the molecule is NNc1cnccc1C(=O)NCc1cccnc1. The number of pyridine rings is 2. The molecule has 0 radical (unpaired) electrons. The van der Waals surface area contributed by atoms with Gasteiger partial charge in [0.1, 0.15) is 0 Å². The van der Waals surface area contributed by atoms with Crippen LogP contribution in [0.3, 0.4) is 0 Å². The predicted octanol–water partition coefficient (Wildman–Crippen LogP) is 0.692.